The summed E-state index contributed by atoms with van der Waals surface area (Å²) >= 11 is 0. The van der Waals surface area contributed by atoms with Gasteiger partial charge in [-0.1, -0.05) is 12.1 Å². The molecule has 0 aliphatic carbocycles. The first-order valence-electron chi connectivity index (χ1n) is 8.74. The first-order valence-corrected chi connectivity index (χ1v) is 12.0. The van der Waals surface area contributed by atoms with E-state index in [-0.39, 0.29) is 28.5 Å². The molecule has 0 saturated carbocycles. The Morgan fingerprint density at radius 1 is 1.17 bits per heavy atom. The molecule has 2 aromatic heterocycles. The van der Waals surface area contributed by atoms with Crippen LogP contribution in [0, 0.1) is 0 Å². The van der Waals surface area contributed by atoms with Crippen molar-refractivity contribution in [2.45, 2.75) is 23.8 Å². The summed E-state index contributed by atoms with van der Waals surface area (Å²) in [7, 11) is -7.08. The van der Waals surface area contributed by atoms with Gasteiger partial charge >= 0.3 is 0 Å². The van der Waals surface area contributed by atoms with Crippen LogP contribution in [0.5, 0.6) is 0 Å². The average molecular weight is 441 g/mol. The minimum absolute atomic E-state index is 0.00168. The number of aromatic amines is 1. The van der Waals surface area contributed by atoms with Gasteiger partial charge in [0.1, 0.15) is 5.65 Å². The van der Waals surface area contributed by atoms with Gasteiger partial charge in [-0.05, 0) is 41.8 Å². The molecule has 1 atom stereocenters. The van der Waals surface area contributed by atoms with Crippen LogP contribution in [0.4, 0.5) is 8.78 Å². The molecule has 11 heteroatoms. The van der Waals surface area contributed by atoms with Gasteiger partial charge in [0.2, 0.25) is 10.0 Å². The maximum Gasteiger partial charge on any atom is 0.278 e. The van der Waals surface area contributed by atoms with Crippen molar-refractivity contribution in [3.8, 4) is 11.1 Å². The fourth-order valence-electron chi connectivity index (χ4n) is 3.41. The molecule has 1 aromatic carbocycles. The van der Waals surface area contributed by atoms with Gasteiger partial charge in [-0.15, -0.1) is 0 Å². The Kier molecular flexibility index (Phi) is 4.91. The Bertz CT molecular complexity index is 1270. The predicted molar refractivity (Wildman–Crippen MR) is 104 cm³/mol. The fraction of sp³-hybridized carbons (Fsp3) is 0.278. The standard InChI is InChI=1S/C18H17F2N3O4S2/c19-17(20)16-9-15-14(5-7-21-18(15)22-16)11-1-3-13(4-2-11)29(26,27)23-12-6-8-28(24,25)10-12/h1-5,7,9,12,17,23H,6,8,10H2,(H,21,22). The van der Waals surface area contributed by atoms with Gasteiger partial charge in [0, 0.05) is 17.6 Å². The number of H-pyrrole nitrogens is 1. The molecular formula is C18H17F2N3O4S2. The van der Waals surface area contributed by atoms with Gasteiger partial charge in [0.15, 0.2) is 9.84 Å². The lowest BCUT2D eigenvalue weighted by molar-refractivity contribution is 0.147. The van der Waals surface area contributed by atoms with Crippen molar-refractivity contribution in [1.82, 2.24) is 14.7 Å². The molecule has 29 heavy (non-hydrogen) atoms. The number of rotatable bonds is 5. The lowest BCUT2D eigenvalue weighted by Gasteiger charge is -2.12. The van der Waals surface area contributed by atoms with Gasteiger partial charge in [0.25, 0.3) is 6.43 Å². The highest BCUT2D eigenvalue weighted by Gasteiger charge is 2.31. The van der Waals surface area contributed by atoms with E-state index in [4.69, 9.17) is 0 Å². The first kappa shape index (κ1) is 19.9. The van der Waals surface area contributed by atoms with Crippen molar-refractivity contribution >= 4 is 30.9 Å². The number of nitrogens with zero attached hydrogens (tertiary/aromatic N) is 1. The molecule has 4 rings (SSSR count). The van der Waals surface area contributed by atoms with Crippen molar-refractivity contribution < 1.29 is 25.6 Å². The number of fused-ring (bicyclic) bond motifs is 1. The molecule has 1 aliphatic heterocycles. The lowest BCUT2D eigenvalue weighted by atomic mass is 10.0. The number of sulfone groups is 1. The number of alkyl halides is 2. The molecule has 7 nitrogen and oxygen atoms in total. The van der Waals surface area contributed by atoms with Crippen LogP contribution in [0.25, 0.3) is 22.2 Å². The third-order valence-electron chi connectivity index (χ3n) is 4.82. The van der Waals surface area contributed by atoms with E-state index < -0.39 is 32.3 Å². The summed E-state index contributed by atoms with van der Waals surface area (Å²) in [4.78, 5) is 6.62. The van der Waals surface area contributed by atoms with Crippen LogP contribution in [-0.2, 0) is 19.9 Å². The number of nitrogens with one attached hydrogen (secondary N) is 2. The van der Waals surface area contributed by atoms with Gasteiger partial charge < -0.3 is 4.98 Å². The van der Waals surface area contributed by atoms with Crippen LogP contribution in [0.2, 0.25) is 0 Å². The van der Waals surface area contributed by atoms with Crippen LogP contribution in [0.1, 0.15) is 18.5 Å². The Balaban J connectivity index is 1.62. The second kappa shape index (κ2) is 7.15. The van der Waals surface area contributed by atoms with Crippen molar-refractivity contribution in [2.75, 3.05) is 11.5 Å². The van der Waals surface area contributed by atoms with Crippen LogP contribution in [-0.4, -0.2) is 44.4 Å². The number of aromatic nitrogens is 2. The zero-order valence-electron chi connectivity index (χ0n) is 15.0. The van der Waals surface area contributed by atoms with E-state index in [1.165, 1.54) is 24.4 Å². The molecule has 2 N–H and O–H groups in total. The molecule has 154 valence electrons. The van der Waals surface area contributed by atoms with E-state index in [9.17, 15) is 25.6 Å². The maximum atomic E-state index is 13.0. The summed E-state index contributed by atoms with van der Waals surface area (Å²) in [5, 5.41) is 0.507. The monoisotopic (exact) mass is 441 g/mol. The smallest absolute Gasteiger partial charge is 0.278 e. The van der Waals surface area contributed by atoms with Gasteiger partial charge in [-0.25, -0.2) is 35.3 Å². The topological polar surface area (TPSA) is 109 Å². The Morgan fingerprint density at radius 3 is 2.52 bits per heavy atom. The van der Waals surface area contributed by atoms with Gasteiger partial charge in [0.05, 0.1) is 22.1 Å². The minimum atomic E-state index is -3.87. The molecule has 1 fully saturated rings. The highest BCUT2D eigenvalue weighted by atomic mass is 32.2. The lowest BCUT2D eigenvalue weighted by Crippen LogP contribution is -2.35. The second-order valence-electron chi connectivity index (χ2n) is 6.89. The maximum absolute atomic E-state index is 13.0. The normalized spacial score (nSPS) is 19.2. The number of benzene rings is 1. The SMILES string of the molecule is O=S1(=O)CCC(NS(=O)(=O)c2ccc(-c3ccnc4[nH]c(C(F)F)cc34)cc2)C1. The van der Waals surface area contributed by atoms with Crippen LogP contribution < -0.4 is 4.72 Å². The zero-order chi connectivity index (χ0) is 20.8. The average Bonchev–Trinajstić information content (AvgIpc) is 3.24. The Labute approximate surface area is 166 Å². The van der Waals surface area contributed by atoms with Gasteiger partial charge in [-0.2, -0.15) is 0 Å². The summed E-state index contributed by atoms with van der Waals surface area (Å²) in [6, 6.07) is 8.29. The molecule has 1 aliphatic rings. The summed E-state index contributed by atoms with van der Waals surface area (Å²) in [5.74, 6) is -0.242. The number of sulfonamides is 1. The molecular weight excluding hydrogens is 424 g/mol. The van der Waals surface area contributed by atoms with E-state index >= 15 is 0 Å². The molecule has 3 aromatic rings. The third-order valence-corrected chi connectivity index (χ3v) is 8.12. The molecule has 0 spiro atoms. The van der Waals surface area contributed by atoms with E-state index in [0.717, 1.165) is 0 Å². The highest BCUT2D eigenvalue weighted by Crippen LogP contribution is 2.31. The van der Waals surface area contributed by atoms with Crippen molar-refractivity contribution in [3.63, 3.8) is 0 Å². The molecule has 1 saturated heterocycles. The predicted octanol–water partition coefficient (Wildman–Crippen LogP) is 2.63. The van der Waals surface area contributed by atoms with Crippen molar-refractivity contribution in [2.24, 2.45) is 0 Å². The van der Waals surface area contributed by atoms with Crippen LogP contribution in [0.15, 0.2) is 47.5 Å². The van der Waals surface area contributed by atoms with Crippen LogP contribution in [0.3, 0.4) is 0 Å². The van der Waals surface area contributed by atoms with Gasteiger partial charge in [-0.3, -0.25) is 0 Å². The molecule has 0 radical (unpaired) electrons. The van der Waals surface area contributed by atoms with E-state index in [1.807, 2.05) is 0 Å². The fourth-order valence-corrected chi connectivity index (χ4v) is 6.45. The second-order valence-corrected chi connectivity index (χ2v) is 10.8. The van der Waals surface area contributed by atoms with E-state index in [1.54, 1.807) is 18.2 Å². The first-order chi connectivity index (χ1) is 13.6. The summed E-state index contributed by atoms with van der Waals surface area (Å²) in [6.07, 6.45) is -0.930. The van der Waals surface area contributed by atoms with Crippen molar-refractivity contribution in [1.29, 1.82) is 0 Å². The Hall–Kier alpha value is -2.37. The summed E-state index contributed by atoms with van der Waals surface area (Å²) in [6.45, 7) is 0. The largest absolute Gasteiger partial charge is 0.338 e. The quantitative estimate of drug-likeness (QED) is 0.633. The van der Waals surface area contributed by atoms with E-state index in [2.05, 4.69) is 14.7 Å². The van der Waals surface area contributed by atoms with E-state index in [0.29, 0.717) is 22.2 Å². The Morgan fingerprint density at radius 2 is 1.90 bits per heavy atom. The molecule has 1 unspecified atom stereocenters. The molecule has 0 amide bonds. The van der Waals surface area contributed by atoms with Crippen LogP contribution >= 0.6 is 0 Å². The number of hydrogen-bond donors (Lipinski definition) is 2. The highest BCUT2D eigenvalue weighted by molar-refractivity contribution is 7.92. The van der Waals surface area contributed by atoms with Crippen molar-refractivity contribution in [3.05, 3.63) is 48.3 Å². The zero-order valence-corrected chi connectivity index (χ0v) is 16.6. The minimum Gasteiger partial charge on any atom is -0.338 e. The number of hydrogen-bond acceptors (Lipinski definition) is 5. The summed E-state index contributed by atoms with van der Waals surface area (Å²) < 4.78 is 76.5. The molecule has 3 heterocycles. The number of halogens is 2. The number of pyridine rings is 1. The molecule has 0 bridgehead atoms. The third kappa shape index (κ3) is 4.02. The summed E-state index contributed by atoms with van der Waals surface area (Å²) in [5.41, 5.74) is 1.35.